The lowest BCUT2D eigenvalue weighted by molar-refractivity contribution is 0.465. The normalized spacial score (nSPS) is 18.8. The van der Waals surface area contributed by atoms with E-state index in [9.17, 15) is 0 Å². The Morgan fingerprint density at radius 1 is 1.13 bits per heavy atom. The highest BCUT2D eigenvalue weighted by Crippen LogP contribution is 2.27. The molecule has 2 aromatic rings. The lowest BCUT2D eigenvalue weighted by Crippen LogP contribution is -2.07. The maximum atomic E-state index is 5.37. The second-order valence-electron chi connectivity index (χ2n) is 3.71. The van der Waals surface area contributed by atoms with Crippen LogP contribution in [0.4, 0.5) is 0 Å². The van der Waals surface area contributed by atoms with Gasteiger partial charge in [-0.25, -0.2) is 0 Å². The van der Waals surface area contributed by atoms with Crippen molar-refractivity contribution in [1.82, 2.24) is 0 Å². The van der Waals surface area contributed by atoms with Gasteiger partial charge in [-0.05, 0) is 23.3 Å². The maximum Gasteiger partial charge on any atom is 0.128 e. The van der Waals surface area contributed by atoms with Gasteiger partial charge in [0.05, 0.1) is 6.26 Å². The molecule has 15 heavy (non-hydrogen) atoms. The van der Waals surface area contributed by atoms with E-state index in [-0.39, 0.29) is 6.04 Å². The molecule has 1 aliphatic heterocycles. The molecule has 1 aromatic carbocycles. The zero-order valence-electron chi connectivity index (χ0n) is 8.26. The van der Waals surface area contributed by atoms with Crippen LogP contribution in [-0.2, 0) is 6.42 Å². The third-order valence-corrected chi connectivity index (χ3v) is 2.73. The minimum Gasteiger partial charge on any atom is -0.467 e. The van der Waals surface area contributed by atoms with Crippen LogP contribution in [0.3, 0.4) is 0 Å². The molecule has 3 rings (SSSR count). The molecule has 2 heteroatoms. The van der Waals surface area contributed by atoms with E-state index < -0.39 is 0 Å². The first-order valence-corrected chi connectivity index (χ1v) is 5.08. The van der Waals surface area contributed by atoms with Gasteiger partial charge < -0.3 is 4.42 Å². The fraction of sp³-hybridized carbons (Fsp3) is 0.154. The summed E-state index contributed by atoms with van der Waals surface area (Å²) in [5.74, 6) is 0.945. The van der Waals surface area contributed by atoms with Crippen LogP contribution in [0.5, 0.6) is 0 Å². The van der Waals surface area contributed by atoms with E-state index in [1.165, 1.54) is 11.1 Å². The van der Waals surface area contributed by atoms with Crippen molar-refractivity contribution in [2.24, 2.45) is 4.99 Å². The number of rotatable bonds is 1. The Labute approximate surface area is 88.3 Å². The second-order valence-corrected chi connectivity index (χ2v) is 3.71. The first-order chi connectivity index (χ1) is 7.43. The van der Waals surface area contributed by atoms with Crippen LogP contribution in [-0.4, -0.2) is 6.21 Å². The van der Waals surface area contributed by atoms with Gasteiger partial charge in [0.25, 0.3) is 0 Å². The molecular formula is C13H11NO. The predicted molar refractivity (Wildman–Crippen MR) is 59.2 cm³/mol. The number of nitrogens with zero attached hydrogens (tertiary/aromatic N) is 1. The fourth-order valence-electron chi connectivity index (χ4n) is 1.93. The van der Waals surface area contributed by atoms with Gasteiger partial charge in [0, 0.05) is 12.6 Å². The zero-order chi connectivity index (χ0) is 10.1. The number of fused-ring (bicyclic) bond motifs is 1. The summed E-state index contributed by atoms with van der Waals surface area (Å²) in [5.41, 5.74) is 2.56. The summed E-state index contributed by atoms with van der Waals surface area (Å²) < 4.78 is 5.37. The lowest BCUT2D eigenvalue weighted by Gasteiger charge is -2.16. The van der Waals surface area contributed by atoms with E-state index in [0.717, 1.165) is 12.2 Å². The van der Waals surface area contributed by atoms with Gasteiger partial charge in [-0.3, -0.25) is 4.99 Å². The Balaban J connectivity index is 1.96. The average molecular weight is 197 g/mol. The van der Waals surface area contributed by atoms with E-state index in [2.05, 4.69) is 23.2 Å². The van der Waals surface area contributed by atoms with Crippen molar-refractivity contribution in [2.45, 2.75) is 12.5 Å². The molecule has 2 nitrogen and oxygen atoms in total. The van der Waals surface area contributed by atoms with Gasteiger partial charge in [0.15, 0.2) is 0 Å². The number of aliphatic imine (C=N–C) groups is 1. The highest BCUT2D eigenvalue weighted by molar-refractivity contribution is 5.83. The third-order valence-electron chi connectivity index (χ3n) is 2.73. The Kier molecular flexibility index (Phi) is 1.91. The van der Waals surface area contributed by atoms with Crippen LogP contribution in [0.25, 0.3) is 0 Å². The molecule has 2 heterocycles. The largest absolute Gasteiger partial charge is 0.467 e. The molecule has 0 saturated carbocycles. The summed E-state index contributed by atoms with van der Waals surface area (Å²) in [6, 6.07) is 12.4. The van der Waals surface area contributed by atoms with E-state index >= 15 is 0 Å². The highest BCUT2D eigenvalue weighted by atomic mass is 16.3. The minimum atomic E-state index is 0.148. The third kappa shape index (κ3) is 1.48. The summed E-state index contributed by atoms with van der Waals surface area (Å²) >= 11 is 0. The van der Waals surface area contributed by atoms with E-state index in [4.69, 9.17) is 4.42 Å². The van der Waals surface area contributed by atoms with Crippen LogP contribution in [0.2, 0.25) is 0 Å². The van der Waals surface area contributed by atoms with Crippen molar-refractivity contribution < 1.29 is 4.42 Å². The van der Waals surface area contributed by atoms with Crippen LogP contribution >= 0.6 is 0 Å². The zero-order valence-corrected chi connectivity index (χ0v) is 8.26. The fourth-order valence-corrected chi connectivity index (χ4v) is 1.93. The smallest absolute Gasteiger partial charge is 0.128 e. The molecule has 1 aromatic heterocycles. The van der Waals surface area contributed by atoms with Crippen LogP contribution in [0.15, 0.2) is 52.1 Å². The molecule has 1 aliphatic rings. The molecule has 0 fully saturated rings. The summed E-state index contributed by atoms with van der Waals surface area (Å²) in [7, 11) is 0. The quantitative estimate of drug-likeness (QED) is 0.690. The molecule has 0 radical (unpaired) electrons. The van der Waals surface area contributed by atoms with E-state index in [1.54, 1.807) is 6.26 Å². The lowest BCUT2D eigenvalue weighted by atomic mass is 9.97. The van der Waals surface area contributed by atoms with E-state index in [1.807, 2.05) is 24.4 Å². The molecule has 0 aliphatic carbocycles. The molecule has 0 spiro atoms. The summed E-state index contributed by atoms with van der Waals surface area (Å²) in [6.07, 6.45) is 4.57. The van der Waals surface area contributed by atoms with Gasteiger partial charge in [-0.15, -0.1) is 0 Å². The van der Waals surface area contributed by atoms with Crippen molar-refractivity contribution in [3.8, 4) is 0 Å². The molecule has 0 bridgehead atoms. The first kappa shape index (κ1) is 8.48. The van der Waals surface area contributed by atoms with Crippen molar-refractivity contribution in [1.29, 1.82) is 0 Å². The van der Waals surface area contributed by atoms with E-state index in [0.29, 0.717) is 0 Å². The summed E-state index contributed by atoms with van der Waals surface area (Å²) in [5, 5.41) is 0. The monoisotopic (exact) mass is 197 g/mol. The van der Waals surface area contributed by atoms with Crippen LogP contribution in [0.1, 0.15) is 22.9 Å². The predicted octanol–water partition coefficient (Wildman–Crippen LogP) is 3.00. The Hall–Kier alpha value is -1.83. The SMILES string of the molecule is C1=N[C@@H](c2ccco2)Cc2ccccc21. The van der Waals surface area contributed by atoms with Crippen molar-refractivity contribution >= 4 is 6.21 Å². The van der Waals surface area contributed by atoms with Gasteiger partial charge in [0.2, 0.25) is 0 Å². The summed E-state index contributed by atoms with van der Waals surface area (Å²) in [4.78, 5) is 4.49. The van der Waals surface area contributed by atoms with Gasteiger partial charge >= 0.3 is 0 Å². The Bertz CT molecular complexity index is 485. The average Bonchev–Trinajstić information content (AvgIpc) is 2.82. The van der Waals surface area contributed by atoms with Gasteiger partial charge in [-0.1, -0.05) is 24.3 Å². The van der Waals surface area contributed by atoms with Crippen molar-refractivity contribution in [3.63, 3.8) is 0 Å². The standard InChI is InChI=1S/C13H11NO/c1-2-5-11-9-14-12(8-10(11)4-1)13-6-3-7-15-13/h1-7,9,12H,8H2/t12-/m1/s1. The minimum absolute atomic E-state index is 0.148. The number of benzene rings is 1. The number of hydrogen-bond donors (Lipinski definition) is 0. The van der Waals surface area contributed by atoms with Gasteiger partial charge in [-0.2, -0.15) is 0 Å². The van der Waals surface area contributed by atoms with Crippen LogP contribution < -0.4 is 0 Å². The van der Waals surface area contributed by atoms with Crippen molar-refractivity contribution in [2.75, 3.05) is 0 Å². The molecule has 0 amide bonds. The first-order valence-electron chi connectivity index (χ1n) is 5.08. The summed E-state index contributed by atoms with van der Waals surface area (Å²) in [6.45, 7) is 0. The molecule has 1 atom stereocenters. The Morgan fingerprint density at radius 2 is 2.07 bits per heavy atom. The molecule has 0 unspecified atom stereocenters. The molecule has 0 N–H and O–H groups in total. The second kappa shape index (κ2) is 3.39. The maximum absolute atomic E-state index is 5.37. The highest BCUT2D eigenvalue weighted by Gasteiger charge is 2.17. The Morgan fingerprint density at radius 3 is 2.93 bits per heavy atom. The molecule has 74 valence electrons. The van der Waals surface area contributed by atoms with Crippen molar-refractivity contribution in [3.05, 3.63) is 59.5 Å². The number of furan rings is 1. The molecule has 0 saturated heterocycles. The van der Waals surface area contributed by atoms with Gasteiger partial charge in [0.1, 0.15) is 11.8 Å². The topological polar surface area (TPSA) is 25.5 Å². The number of hydrogen-bond acceptors (Lipinski definition) is 2. The molecular weight excluding hydrogens is 186 g/mol. The van der Waals surface area contributed by atoms with Crippen LogP contribution in [0, 0.1) is 0 Å².